The quantitative estimate of drug-likeness (QED) is 0.708. The van der Waals surface area contributed by atoms with Crippen molar-refractivity contribution in [2.75, 3.05) is 19.6 Å². The second-order valence-electron chi connectivity index (χ2n) is 6.37. The molecule has 0 saturated carbocycles. The summed E-state index contributed by atoms with van der Waals surface area (Å²) in [7, 11) is 0. The summed E-state index contributed by atoms with van der Waals surface area (Å²) in [5, 5.41) is 11.4. The molecule has 0 atom stereocenters. The van der Waals surface area contributed by atoms with Gasteiger partial charge in [0.15, 0.2) is 0 Å². The number of carbonyl (C=O) groups is 3. The highest BCUT2D eigenvalue weighted by Gasteiger charge is 2.31. The predicted octanol–water partition coefficient (Wildman–Crippen LogP) is 0.862. The Morgan fingerprint density at radius 3 is 2.35 bits per heavy atom. The van der Waals surface area contributed by atoms with Gasteiger partial charge in [0.05, 0.1) is 6.42 Å². The molecule has 1 aliphatic rings. The van der Waals surface area contributed by atoms with Crippen LogP contribution in [0, 0.1) is 11.3 Å². The lowest BCUT2D eigenvalue weighted by atomic mass is 9.95. The Bertz CT molecular complexity index is 381. The molecule has 1 aliphatic heterocycles. The maximum atomic E-state index is 11.8. The molecule has 1 saturated heterocycles. The first kappa shape index (κ1) is 16.5. The number of likely N-dealkylation sites (tertiary alicyclic amines) is 1. The number of carbonyl (C=O) groups excluding carboxylic acids is 2. The van der Waals surface area contributed by atoms with Crippen LogP contribution >= 0.6 is 0 Å². The van der Waals surface area contributed by atoms with E-state index in [0.717, 1.165) is 0 Å². The van der Waals surface area contributed by atoms with E-state index >= 15 is 0 Å². The molecule has 6 heteroatoms. The average molecular weight is 284 g/mol. The Morgan fingerprint density at radius 2 is 1.85 bits per heavy atom. The average Bonchev–Trinajstić information content (AvgIpc) is 2.26. The van der Waals surface area contributed by atoms with Crippen LogP contribution < -0.4 is 5.32 Å². The minimum Gasteiger partial charge on any atom is -0.481 e. The molecule has 0 unspecified atom stereocenters. The zero-order valence-electron chi connectivity index (χ0n) is 12.4. The summed E-state index contributed by atoms with van der Waals surface area (Å²) in [5.74, 6) is -0.698. The Balaban J connectivity index is 2.11. The molecular weight excluding hydrogens is 260 g/mol. The molecule has 0 aromatic heterocycles. The maximum Gasteiger partial charge on any atom is 0.303 e. The van der Waals surface area contributed by atoms with Crippen LogP contribution in [0.15, 0.2) is 0 Å². The first-order valence-electron chi connectivity index (χ1n) is 6.98. The van der Waals surface area contributed by atoms with Crippen LogP contribution in [-0.4, -0.2) is 47.4 Å². The third-order valence-electron chi connectivity index (χ3n) is 3.31. The lowest BCUT2D eigenvalue weighted by molar-refractivity contribution is -0.145. The highest BCUT2D eigenvalue weighted by molar-refractivity contribution is 5.81. The molecule has 0 aromatic carbocycles. The number of nitrogens with one attached hydrogen (secondary N) is 1. The summed E-state index contributed by atoms with van der Waals surface area (Å²) in [4.78, 5) is 35.5. The maximum absolute atomic E-state index is 11.8. The number of hydrogen-bond donors (Lipinski definition) is 2. The number of aliphatic carboxylic acids is 1. The third kappa shape index (κ3) is 5.19. The fourth-order valence-electron chi connectivity index (χ4n) is 2.01. The molecule has 1 rings (SSSR count). The van der Waals surface area contributed by atoms with Crippen LogP contribution in [0.3, 0.4) is 0 Å². The molecule has 114 valence electrons. The van der Waals surface area contributed by atoms with Crippen LogP contribution in [0.5, 0.6) is 0 Å². The standard InChI is InChI=1S/C14H24N2O4/c1-14(2,3)13(20)15-6-4-5-11(17)16-8-10(9-16)7-12(18)19/h10H,4-9H2,1-3H3,(H,15,20)(H,18,19). The summed E-state index contributed by atoms with van der Waals surface area (Å²) in [6.07, 6.45) is 1.14. The fourth-order valence-corrected chi connectivity index (χ4v) is 2.01. The van der Waals surface area contributed by atoms with E-state index in [0.29, 0.717) is 32.5 Å². The van der Waals surface area contributed by atoms with Crippen molar-refractivity contribution in [3.05, 3.63) is 0 Å². The molecule has 0 aliphatic carbocycles. The number of nitrogens with zero attached hydrogens (tertiary/aromatic N) is 1. The largest absolute Gasteiger partial charge is 0.481 e. The van der Waals surface area contributed by atoms with Gasteiger partial charge in [0, 0.05) is 37.4 Å². The second kappa shape index (κ2) is 6.72. The van der Waals surface area contributed by atoms with E-state index < -0.39 is 11.4 Å². The van der Waals surface area contributed by atoms with Gasteiger partial charge in [0.1, 0.15) is 0 Å². The molecular formula is C14H24N2O4. The van der Waals surface area contributed by atoms with Gasteiger partial charge < -0.3 is 15.3 Å². The molecule has 2 N–H and O–H groups in total. The van der Waals surface area contributed by atoms with Crippen molar-refractivity contribution in [2.45, 2.75) is 40.0 Å². The van der Waals surface area contributed by atoms with Crippen LogP contribution in [0.2, 0.25) is 0 Å². The van der Waals surface area contributed by atoms with Gasteiger partial charge in [-0.3, -0.25) is 14.4 Å². The zero-order chi connectivity index (χ0) is 15.3. The third-order valence-corrected chi connectivity index (χ3v) is 3.31. The van der Waals surface area contributed by atoms with Crippen LogP contribution in [-0.2, 0) is 14.4 Å². The van der Waals surface area contributed by atoms with Crippen LogP contribution in [0.25, 0.3) is 0 Å². The fraction of sp³-hybridized carbons (Fsp3) is 0.786. The van der Waals surface area contributed by atoms with E-state index in [2.05, 4.69) is 5.32 Å². The van der Waals surface area contributed by atoms with Gasteiger partial charge in [-0.15, -0.1) is 0 Å². The highest BCUT2D eigenvalue weighted by atomic mass is 16.4. The van der Waals surface area contributed by atoms with Crippen molar-refractivity contribution >= 4 is 17.8 Å². The van der Waals surface area contributed by atoms with Crippen molar-refractivity contribution in [3.63, 3.8) is 0 Å². The van der Waals surface area contributed by atoms with E-state index in [-0.39, 0.29) is 24.2 Å². The lowest BCUT2D eigenvalue weighted by Gasteiger charge is -2.38. The number of carboxylic acid groups (broad SMARTS) is 1. The van der Waals surface area contributed by atoms with Crippen molar-refractivity contribution in [3.8, 4) is 0 Å². The van der Waals surface area contributed by atoms with E-state index in [1.807, 2.05) is 20.8 Å². The second-order valence-corrected chi connectivity index (χ2v) is 6.37. The first-order valence-corrected chi connectivity index (χ1v) is 6.98. The van der Waals surface area contributed by atoms with Gasteiger partial charge in [-0.2, -0.15) is 0 Å². The Morgan fingerprint density at radius 1 is 1.25 bits per heavy atom. The minimum absolute atomic E-state index is 0.0181. The van der Waals surface area contributed by atoms with Gasteiger partial charge in [0.25, 0.3) is 0 Å². The topological polar surface area (TPSA) is 86.7 Å². The number of carboxylic acids is 1. The molecule has 0 radical (unpaired) electrons. The molecule has 0 aromatic rings. The van der Waals surface area contributed by atoms with Crippen molar-refractivity contribution < 1.29 is 19.5 Å². The van der Waals surface area contributed by atoms with Crippen molar-refractivity contribution in [1.82, 2.24) is 10.2 Å². The molecule has 0 bridgehead atoms. The van der Waals surface area contributed by atoms with Crippen LogP contribution in [0.1, 0.15) is 40.0 Å². The number of rotatable bonds is 6. The zero-order valence-corrected chi connectivity index (χ0v) is 12.4. The summed E-state index contributed by atoms with van der Waals surface area (Å²) in [6, 6.07) is 0. The van der Waals surface area contributed by atoms with Gasteiger partial charge >= 0.3 is 5.97 Å². The van der Waals surface area contributed by atoms with E-state index in [1.54, 1.807) is 4.90 Å². The minimum atomic E-state index is -0.813. The molecule has 6 nitrogen and oxygen atoms in total. The van der Waals surface area contributed by atoms with Gasteiger partial charge in [-0.25, -0.2) is 0 Å². The van der Waals surface area contributed by atoms with E-state index in [4.69, 9.17) is 5.11 Å². The summed E-state index contributed by atoms with van der Waals surface area (Å²) >= 11 is 0. The van der Waals surface area contributed by atoms with E-state index in [1.165, 1.54) is 0 Å². The van der Waals surface area contributed by atoms with Gasteiger partial charge in [-0.05, 0) is 6.42 Å². The molecule has 1 heterocycles. The van der Waals surface area contributed by atoms with Crippen LogP contribution in [0.4, 0.5) is 0 Å². The van der Waals surface area contributed by atoms with Crippen molar-refractivity contribution in [2.24, 2.45) is 11.3 Å². The Hall–Kier alpha value is -1.59. The van der Waals surface area contributed by atoms with E-state index in [9.17, 15) is 14.4 Å². The van der Waals surface area contributed by atoms with Gasteiger partial charge in [-0.1, -0.05) is 20.8 Å². The Kier molecular flexibility index (Phi) is 5.53. The lowest BCUT2D eigenvalue weighted by Crippen LogP contribution is -2.50. The molecule has 2 amide bonds. The monoisotopic (exact) mass is 284 g/mol. The predicted molar refractivity (Wildman–Crippen MR) is 74.0 cm³/mol. The van der Waals surface area contributed by atoms with Crippen molar-refractivity contribution in [1.29, 1.82) is 0 Å². The highest BCUT2D eigenvalue weighted by Crippen LogP contribution is 2.20. The summed E-state index contributed by atoms with van der Waals surface area (Å²) < 4.78 is 0. The molecule has 20 heavy (non-hydrogen) atoms. The smallest absolute Gasteiger partial charge is 0.303 e. The summed E-state index contributed by atoms with van der Waals surface area (Å²) in [5.41, 5.74) is -0.411. The SMILES string of the molecule is CC(C)(C)C(=O)NCCCC(=O)N1CC(CC(=O)O)C1. The number of hydrogen-bond acceptors (Lipinski definition) is 3. The first-order chi connectivity index (χ1) is 9.20. The normalized spacial score (nSPS) is 15.7. The molecule has 0 spiro atoms. The Labute approximate surface area is 119 Å². The van der Waals surface area contributed by atoms with Gasteiger partial charge in [0.2, 0.25) is 11.8 Å². The molecule has 1 fully saturated rings. The summed E-state index contributed by atoms with van der Waals surface area (Å²) in [6.45, 7) is 7.11. The number of amides is 2.